The molecule has 4 aliphatic carbocycles. The average molecular weight is 394 g/mol. The second kappa shape index (κ2) is 6.38. The number of rotatable bonds is 2. The fourth-order valence-electron chi connectivity index (χ4n) is 7.18. The van der Waals surface area contributed by atoms with Crippen LogP contribution < -0.4 is 0 Å². The monoisotopic (exact) mass is 394 g/mol. The molecule has 6 heteroatoms. The predicted molar refractivity (Wildman–Crippen MR) is 103 cm³/mol. The van der Waals surface area contributed by atoms with E-state index in [0.29, 0.717) is 30.6 Å². The summed E-state index contributed by atoms with van der Waals surface area (Å²) < 4.78 is 16.7. The summed E-state index contributed by atoms with van der Waals surface area (Å²) in [5, 5.41) is 0. The van der Waals surface area contributed by atoms with Gasteiger partial charge in [0.25, 0.3) is 0 Å². The van der Waals surface area contributed by atoms with Gasteiger partial charge in [0.05, 0.1) is 6.10 Å². The van der Waals surface area contributed by atoms with Crippen LogP contribution in [0.15, 0.2) is 23.3 Å². The molecule has 0 aromatic rings. The topological polar surface area (TPSA) is 83.8 Å². The van der Waals surface area contributed by atoms with Gasteiger partial charge in [0.1, 0.15) is 0 Å². The highest BCUT2D eigenvalue weighted by atomic mass is 31.2. The largest absolute Gasteiger partial charge is 0.470 e. The van der Waals surface area contributed by atoms with Crippen LogP contribution in [-0.2, 0) is 13.9 Å². The maximum atomic E-state index is 11.9. The van der Waals surface area contributed by atoms with Gasteiger partial charge in [-0.25, -0.2) is 4.57 Å². The van der Waals surface area contributed by atoms with Crippen molar-refractivity contribution >= 4 is 13.6 Å². The fraction of sp³-hybridized carbons (Fsp3) is 0.762. The minimum Gasteiger partial charge on any atom is -0.303 e. The molecular weight excluding hydrogens is 363 g/mol. The Morgan fingerprint density at radius 1 is 1.15 bits per heavy atom. The van der Waals surface area contributed by atoms with Gasteiger partial charge in [0, 0.05) is 6.42 Å². The first-order valence-electron chi connectivity index (χ1n) is 10.2. The van der Waals surface area contributed by atoms with E-state index in [1.165, 1.54) is 5.57 Å². The van der Waals surface area contributed by atoms with Gasteiger partial charge in [-0.05, 0) is 85.7 Å². The van der Waals surface area contributed by atoms with E-state index in [1.807, 2.05) is 19.1 Å². The number of allylic oxidation sites excluding steroid dienone is 2. The molecule has 6 atom stereocenters. The number of carbonyl (C=O) groups excluding carboxylic acids is 1. The number of hydrogen-bond acceptors (Lipinski definition) is 3. The predicted octanol–water partition coefficient (Wildman–Crippen LogP) is 4.55. The maximum Gasteiger partial charge on any atom is 0.470 e. The molecule has 4 aliphatic rings. The third-order valence-corrected chi connectivity index (χ3v) is 8.93. The third-order valence-electron chi connectivity index (χ3n) is 8.40. The van der Waals surface area contributed by atoms with Gasteiger partial charge in [-0.15, -0.1) is 0 Å². The minimum absolute atomic E-state index is 0.0438. The number of phosphoric acid groups is 1. The van der Waals surface area contributed by atoms with Gasteiger partial charge < -0.3 is 9.79 Å². The van der Waals surface area contributed by atoms with Crippen molar-refractivity contribution in [3.63, 3.8) is 0 Å². The standard InChI is InChI=1S/C21H31O5P/c1-4-16-19(26-27(23,24)25)12-18-15-6-5-13-11-14(22)7-9-20(13,2)17(15)8-10-21(16,18)3/h4,11,15,17-19H,5-10,12H2,1-3H3,(H2,23,24,25)/b16-4+. The Labute approximate surface area is 161 Å². The van der Waals surface area contributed by atoms with Gasteiger partial charge in [-0.1, -0.05) is 25.5 Å². The van der Waals surface area contributed by atoms with E-state index in [1.54, 1.807) is 0 Å². The van der Waals surface area contributed by atoms with Crippen LogP contribution in [0.4, 0.5) is 0 Å². The smallest absolute Gasteiger partial charge is 0.303 e. The zero-order valence-electron chi connectivity index (χ0n) is 16.5. The lowest BCUT2D eigenvalue weighted by Gasteiger charge is -2.57. The van der Waals surface area contributed by atoms with Gasteiger partial charge in [0.2, 0.25) is 0 Å². The maximum absolute atomic E-state index is 11.9. The second-order valence-corrected chi connectivity index (χ2v) is 10.7. The highest BCUT2D eigenvalue weighted by molar-refractivity contribution is 7.46. The van der Waals surface area contributed by atoms with Crippen LogP contribution in [0.2, 0.25) is 0 Å². The van der Waals surface area contributed by atoms with Crippen LogP contribution >= 0.6 is 7.82 Å². The van der Waals surface area contributed by atoms with Crippen molar-refractivity contribution in [1.82, 2.24) is 0 Å². The second-order valence-electron chi connectivity index (χ2n) is 9.49. The molecule has 0 spiro atoms. The average Bonchev–Trinajstić information content (AvgIpc) is 2.84. The summed E-state index contributed by atoms with van der Waals surface area (Å²) in [5.74, 6) is 1.73. The Balaban J connectivity index is 1.67. The number of phosphoric ester groups is 1. The summed E-state index contributed by atoms with van der Waals surface area (Å²) in [6.45, 7) is 6.57. The number of ketones is 1. The van der Waals surface area contributed by atoms with Crippen molar-refractivity contribution in [3.8, 4) is 0 Å². The number of fused-ring (bicyclic) bond motifs is 5. The zero-order valence-corrected chi connectivity index (χ0v) is 17.4. The number of carbonyl (C=O) groups is 1. The van der Waals surface area contributed by atoms with Crippen molar-refractivity contribution in [1.29, 1.82) is 0 Å². The molecule has 0 aromatic heterocycles. The van der Waals surface area contributed by atoms with Crippen molar-refractivity contribution in [2.24, 2.45) is 28.6 Å². The highest BCUT2D eigenvalue weighted by Gasteiger charge is 2.60. The van der Waals surface area contributed by atoms with E-state index in [0.717, 1.165) is 37.7 Å². The summed E-state index contributed by atoms with van der Waals surface area (Å²) >= 11 is 0. The van der Waals surface area contributed by atoms with Crippen LogP contribution in [-0.4, -0.2) is 21.7 Å². The Morgan fingerprint density at radius 2 is 1.89 bits per heavy atom. The van der Waals surface area contributed by atoms with Gasteiger partial charge >= 0.3 is 7.82 Å². The molecule has 0 heterocycles. The lowest BCUT2D eigenvalue weighted by Crippen LogP contribution is -2.49. The fourth-order valence-corrected chi connectivity index (χ4v) is 7.71. The Morgan fingerprint density at radius 3 is 2.56 bits per heavy atom. The highest BCUT2D eigenvalue weighted by Crippen LogP contribution is 2.67. The first-order valence-corrected chi connectivity index (χ1v) is 11.8. The zero-order chi connectivity index (χ0) is 19.6. The molecule has 3 fully saturated rings. The normalized spacial score (nSPS) is 45.9. The summed E-state index contributed by atoms with van der Waals surface area (Å²) in [6, 6.07) is 0. The van der Waals surface area contributed by atoms with Gasteiger partial charge in [0.15, 0.2) is 5.78 Å². The van der Waals surface area contributed by atoms with Crippen molar-refractivity contribution in [2.45, 2.75) is 71.8 Å². The minimum atomic E-state index is -4.52. The van der Waals surface area contributed by atoms with Crippen molar-refractivity contribution < 1.29 is 23.7 Å². The van der Waals surface area contributed by atoms with E-state index in [9.17, 15) is 19.1 Å². The molecule has 0 amide bonds. The summed E-state index contributed by atoms with van der Waals surface area (Å²) in [7, 11) is -4.52. The van der Waals surface area contributed by atoms with E-state index >= 15 is 0 Å². The Hall–Kier alpha value is -0.740. The lowest BCUT2D eigenvalue weighted by atomic mass is 9.47. The van der Waals surface area contributed by atoms with Gasteiger partial charge in [-0.3, -0.25) is 9.32 Å². The van der Waals surface area contributed by atoms with E-state index < -0.39 is 13.9 Å². The Bertz CT molecular complexity index is 765. The molecule has 0 bridgehead atoms. The molecular formula is C21H31O5P. The molecule has 3 saturated carbocycles. The number of hydrogen-bond donors (Lipinski definition) is 2. The molecule has 0 saturated heterocycles. The SMILES string of the molecule is C/C=C1\C(OP(=O)(O)O)CC2C3CCC4=CC(=O)CCC4(C)C3CCC12C. The third kappa shape index (κ3) is 3.02. The molecule has 27 heavy (non-hydrogen) atoms. The van der Waals surface area contributed by atoms with Gasteiger partial charge in [-0.2, -0.15) is 0 Å². The molecule has 0 aromatic carbocycles. The van der Waals surface area contributed by atoms with Crippen LogP contribution in [0.25, 0.3) is 0 Å². The van der Waals surface area contributed by atoms with E-state index in [-0.39, 0.29) is 16.6 Å². The molecule has 0 aliphatic heterocycles. The van der Waals surface area contributed by atoms with Crippen LogP contribution in [0, 0.1) is 28.6 Å². The lowest BCUT2D eigenvalue weighted by molar-refractivity contribution is -0.117. The molecule has 4 rings (SSSR count). The summed E-state index contributed by atoms with van der Waals surface area (Å²) in [5.41, 5.74) is 2.48. The molecule has 6 unspecified atom stereocenters. The first-order chi connectivity index (χ1) is 12.6. The quantitative estimate of drug-likeness (QED) is 0.530. The summed E-state index contributed by atoms with van der Waals surface area (Å²) in [6.07, 6.45) is 9.92. The van der Waals surface area contributed by atoms with E-state index in [4.69, 9.17) is 4.52 Å². The van der Waals surface area contributed by atoms with Crippen molar-refractivity contribution in [3.05, 3.63) is 23.3 Å². The summed E-state index contributed by atoms with van der Waals surface area (Å²) in [4.78, 5) is 30.7. The molecule has 5 nitrogen and oxygen atoms in total. The van der Waals surface area contributed by atoms with Crippen molar-refractivity contribution in [2.75, 3.05) is 0 Å². The van der Waals surface area contributed by atoms with Crippen LogP contribution in [0.3, 0.4) is 0 Å². The molecule has 150 valence electrons. The Kier molecular flexibility index (Phi) is 4.63. The molecule has 0 radical (unpaired) electrons. The molecule has 2 N–H and O–H groups in total. The first kappa shape index (κ1) is 19.6. The van der Waals surface area contributed by atoms with Crippen LogP contribution in [0.1, 0.15) is 65.7 Å². The van der Waals surface area contributed by atoms with Crippen LogP contribution in [0.5, 0.6) is 0 Å². The van der Waals surface area contributed by atoms with E-state index in [2.05, 4.69) is 13.8 Å².